The van der Waals surface area contributed by atoms with Crippen molar-refractivity contribution in [3.63, 3.8) is 0 Å². The van der Waals surface area contributed by atoms with E-state index in [1.165, 1.54) is 12.1 Å². The highest BCUT2D eigenvalue weighted by molar-refractivity contribution is 7.08. The lowest BCUT2D eigenvalue weighted by Crippen LogP contribution is -2.36. The summed E-state index contributed by atoms with van der Waals surface area (Å²) in [7, 11) is 0. The minimum absolute atomic E-state index is 0.0102. The van der Waals surface area contributed by atoms with Crippen molar-refractivity contribution in [3.8, 4) is 5.69 Å². The number of nitrogens with one attached hydrogen (secondary N) is 1. The second-order valence-electron chi connectivity index (χ2n) is 7.69. The quantitative estimate of drug-likeness (QED) is 0.747. The Bertz CT molecular complexity index is 992. The Morgan fingerprint density at radius 3 is 2.74 bits per heavy atom. The molecule has 0 unspecified atom stereocenters. The molecule has 0 aliphatic heterocycles. The number of carbonyl (C=O) groups excluding carboxylic acids is 1. The first-order chi connectivity index (χ1) is 12.8. The zero-order valence-corrected chi connectivity index (χ0v) is 16.2. The minimum atomic E-state index is -0.279. The number of aromatic nitrogens is 4. The van der Waals surface area contributed by atoms with E-state index in [-0.39, 0.29) is 23.2 Å². The second kappa shape index (κ2) is 6.53. The summed E-state index contributed by atoms with van der Waals surface area (Å²) in [5.74, 6) is -0.440. The van der Waals surface area contributed by atoms with Crippen molar-refractivity contribution in [1.29, 1.82) is 0 Å². The lowest BCUT2D eigenvalue weighted by molar-refractivity contribution is 0.0922. The van der Waals surface area contributed by atoms with Crippen LogP contribution in [0.3, 0.4) is 0 Å². The molecule has 27 heavy (non-hydrogen) atoms. The molecule has 140 valence electrons. The Morgan fingerprint density at radius 1 is 1.33 bits per heavy atom. The number of carbonyl (C=O) groups is 1. The molecule has 4 rings (SSSR count). The molecule has 0 radical (unpaired) electrons. The Morgan fingerprint density at radius 2 is 2.07 bits per heavy atom. The smallest absolute Gasteiger partial charge is 0.265 e. The van der Waals surface area contributed by atoms with Gasteiger partial charge in [0.1, 0.15) is 10.7 Å². The van der Waals surface area contributed by atoms with Crippen molar-refractivity contribution in [2.45, 2.75) is 39.7 Å². The maximum absolute atomic E-state index is 13.3. The predicted molar refractivity (Wildman–Crippen MR) is 100 cm³/mol. The number of benzene rings is 1. The maximum Gasteiger partial charge on any atom is 0.265 e. The van der Waals surface area contributed by atoms with E-state index in [0.717, 1.165) is 41.3 Å². The van der Waals surface area contributed by atoms with Gasteiger partial charge in [0.15, 0.2) is 0 Å². The van der Waals surface area contributed by atoms with Crippen LogP contribution in [0.4, 0.5) is 4.39 Å². The van der Waals surface area contributed by atoms with Crippen LogP contribution in [0, 0.1) is 18.2 Å². The van der Waals surface area contributed by atoms with Gasteiger partial charge in [0, 0.05) is 5.56 Å². The summed E-state index contributed by atoms with van der Waals surface area (Å²) in [4.78, 5) is 13.2. The zero-order chi connectivity index (χ0) is 19.2. The lowest BCUT2D eigenvalue weighted by atomic mass is 9.74. The largest absolute Gasteiger partial charge is 0.344 e. The van der Waals surface area contributed by atoms with E-state index in [4.69, 9.17) is 0 Å². The van der Waals surface area contributed by atoms with E-state index in [1.54, 1.807) is 25.3 Å². The summed E-state index contributed by atoms with van der Waals surface area (Å²) >= 11 is 1.10. The molecule has 0 fully saturated rings. The summed E-state index contributed by atoms with van der Waals surface area (Å²) in [6.45, 7) is 6.13. The van der Waals surface area contributed by atoms with Crippen LogP contribution >= 0.6 is 11.5 Å². The Kier molecular flexibility index (Phi) is 4.30. The van der Waals surface area contributed by atoms with Gasteiger partial charge in [0.2, 0.25) is 0 Å². The number of nitrogens with zero attached hydrogens (tertiary/aromatic N) is 4. The summed E-state index contributed by atoms with van der Waals surface area (Å²) in [5, 5.41) is 11.6. The molecule has 2 aromatic heterocycles. The molecule has 0 spiro atoms. The van der Waals surface area contributed by atoms with Crippen molar-refractivity contribution in [1.82, 2.24) is 24.7 Å². The predicted octanol–water partition coefficient (Wildman–Crippen LogP) is 3.61. The molecule has 1 atom stereocenters. The number of halogens is 1. The second-order valence-corrected chi connectivity index (χ2v) is 8.45. The van der Waals surface area contributed by atoms with Crippen LogP contribution in [0.1, 0.15) is 52.9 Å². The van der Waals surface area contributed by atoms with Crippen LogP contribution in [-0.4, -0.2) is 25.3 Å². The number of amides is 1. The van der Waals surface area contributed by atoms with Gasteiger partial charge in [0.25, 0.3) is 5.91 Å². The SMILES string of the molecule is Cc1nnsc1C(=O)N[C@H]1CC(C)(C)Cc2c1cnn2-c1ccc(F)cc1. The van der Waals surface area contributed by atoms with Crippen molar-refractivity contribution in [2.75, 3.05) is 0 Å². The third-order valence-electron chi connectivity index (χ3n) is 4.91. The molecule has 2 heterocycles. The third kappa shape index (κ3) is 3.37. The van der Waals surface area contributed by atoms with E-state index in [1.807, 2.05) is 4.68 Å². The number of hydrogen-bond acceptors (Lipinski definition) is 5. The fraction of sp³-hybridized carbons (Fsp3) is 0.368. The van der Waals surface area contributed by atoms with Gasteiger partial charge in [-0.15, -0.1) is 5.10 Å². The van der Waals surface area contributed by atoms with Gasteiger partial charge in [-0.05, 0) is 61.0 Å². The minimum Gasteiger partial charge on any atom is -0.344 e. The molecular formula is C19H20FN5OS. The molecule has 0 saturated carbocycles. The average Bonchev–Trinajstić information content (AvgIpc) is 3.21. The molecular weight excluding hydrogens is 365 g/mol. The van der Waals surface area contributed by atoms with Crippen molar-refractivity contribution < 1.29 is 9.18 Å². The molecule has 0 bridgehead atoms. The highest BCUT2D eigenvalue weighted by Gasteiger charge is 2.36. The monoisotopic (exact) mass is 385 g/mol. The standard InChI is InChI=1S/C19H20FN5OS/c1-11-17(27-24-23-11)18(26)22-15-8-19(2,3)9-16-14(15)10-21-25(16)13-6-4-12(20)5-7-13/h4-7,10,15H,8-9H2,1-3H3,(H,22,26)/t15-/m0/s1. The Hall–Kier alpha value is -2.61. The molecule has 0 saturated heterocycles. The summed E-state index contributed by atoms with van der Waals surface area (Å²) in [6.07, 6.45) is 3.44. The van der Waals surface area contributed by atoms with Gasteiger partial charge in [-0.3, -0.25) is 4.79 Å². The molecule has 8 heteroatoms. The number of fused-ring (bicyclic) bond motifs is 1. The molecule has 1 aliphatic carbocycles. The van der Waals surface area contributed by atoms with Crippen LogP contribution < -0.4 is 5.32 Å². The normalized spacial score (nSPS) is 18.1. The van der Waals surface area contributed by atoms with Gasteiger partial charge in [0.05, 0.1) is 29.3 Å². The number of hydrogen-bond donors (Lipinski definition) is 1. The highest BCUT2D eigenvalue weighted by atomic mass is 32.1. The fourth-order valence-corrected chi connectivity index (χ4v) is 4.20. The molecule has 3 aromatic rings. The van der Waals surface area contributed by atoms with Crippen molar-refractivity contribution in [3.05, 3.63) is 58.1 Å². The van der Waals surface area contributed by atoms with Crippen LogP contribution in [0.15, 0.2) is 30.5 Å². The molecule has 1 aromatic carbocycles. The first-order valence-electron chi connectivity index (χ1n) is 8.77. The molecule has 1 aliphatic rings. The summed E-state index contributed by atoms with van der Waals surface area (Å²) in [5.41, 5.74) is 3.48. The first-order valence-corrected chi connectivity index (χ1v) is 9.54. The zero-order valence-electron chi connectivity index (χ0n) is 15.4. The van der Waals surface area contributed by atoms with Gasteiger partial charge in [-0.1, -0.05) is 18.3 Å². The summed E-state index contributed by atoms with van der Waals surface area (Å²) in [6, 6.07) is 6.13. The van der Waals surface area contributed by atoms with Crippen LogP contribution in [0.2, 0.25) is 0 Å². The number of rotatable bonds is 3. The van der Waals surface area contributed by atoms with Crippen molar-refractivity contribution >= 4 is 17.4 Å². The third-order valence-corrected chi connectivity index (χ3v) is 5.74. The van der Waals surface area contributed by atoms with Crippen LogP contribution in [0.25, 0.3) is 5.69 Å². The van der Waals surface area contributed by atoms with E-state index in [0.29, 0.717) is 10.6 Å². The van der Waals surface area contributed by atoms with Crippen molar-refractivity contribution in [2.24, 2.45) is 5.41 Å². The summed E-state index contributed by atoms with van der Waals surface area (Å²) < 4.78 is 19.0. The van der Waals surface area contributed by atoms with Crippen LogP contribution in [-0.2, 0) is 6.42 Å². The highest BCUT2D eigenvalue weighted by Crippen LogP contribution is 2.41. The van der Waals surface area contributed by atoms with Crippen LogP contribution in [0.5, 0.6) is 0 Å². The van der Waals surface area contributed by atoms with Gasteiger partial charge >= 0.3 is 0 Å². The van der Waals surface area contributed by atoms with E-state index in [2.05, 4.69) is 33.8 Å². The lowest BCUT2D eigenvalue weighted by Gasteiger charge is -2.35. The maximum atomic E-state index is 13.3. The van der Waals surface area contributed by atoms with E-state index >= 15 is 0 Å². The fourth-order valence-electron chi connectivity index (χ4n) is 3.64. The van der Waals surface area contributed by atoms with Gasteiger partial charge in [-0.2, -0.15) is 5.10 Å². The Labute approximate surface area is 160 Å². The number of aryl methyl sites for hydroxylation is 1. The van der Waals surface area contributed by atoms with Gasteiger partial charge in [-0.25, -0.2) is 9.07 Å². The average molecular weight is 385 g/mol. The topological polar surface area (TPSA) is 72.7 Å². The first kappa shape index (κ1) is 17.8. The van der Waals surface area contributed by atoms with Gasteiger partial charge < -0.3 is 5.32 Å². The van der Waals surface area contributed by atoms with E-state index in [9.17, 15) is 9.18 Å². The van der Waals surface area contributed by atoms with E-state index < -0.39 is 0 Å². The molecule has 1 amide bonds. The Balaban J connectivity index is 1.69. The molecule has 6 nitrogen and oxygen atoms in total. The molecule has 1 N–H and O–H groups in total.